The molecular weight excluding hydrogens is 294 g/mol. The fourth-order valence-electron chi connectivity index (χ4n) is 3.33. The quantitative estimate of drug-likeness (QED) is 0.811. The van der Waals surface area contributed by atoms with Gasteiger partial charge in [0.25, 0.3) is 0 Å². The first-order valence-corrected chi connectivity index (χ1v) is 9.00. The van der Waals surface area contributed by atoms with Crippen LogP contribution in [0.3, 0.4) is 0 Å². The molecule has 0 aromatic heterocycles. The average molecular weight is 325 g/mol. The van der Waals surface area contributed by atoms with Gasteiger partial charge in [0.1, 0.15) is 6.04 Å². The minimum atomic E-state index is -0.448. The van der Waals surface area contributed by atoms with E-state index in [-0.39, 0.29) is 18.0 Å². The lowest BCUT2D eigenvalue weighted by Gasteiger charge is -2.32. The van der Waals surface area contributed by atoms with Crippen molar-refractivity contribution in [2.45, 2.75) is 64.5 Å². The third kappa shape index (κ3) is 6.01. The number of amides is 3. The molecule has 6 nitrogen and oxygen atoms in total. The van der Waals surface area contributed by atoms with Crippen LogP contribution < -0.4 is 10.6 Å². The number of hydrogen-bond donors (Lipinski definition) is 2. The highest BCUT2D eigenvalue weighted by atomic mass is 16.5. The van der Waals surface area contributed by atoms with Crippen LogP contribution in [0.5, 0.6) is 0 Å². The van der Waals surface area contributed by atoms with Crippen LogP contribution in [-0.2, 0) is 9.53 Å². The summed E-state index contributed by atoms with van der Waals surface area (Å²) in [7, 11) is 0. The summed E-state index contributed by atoms with van der Waals surface area (Å²) >= 11 is 0. The second-order valence-corrected chi connectivity index (χ2v) is 7.07. The van der Waals surface area contributed by atoms with Crippen LogP contribution in [0, 0.1) is 5.92 Å². The molecule has 2 N–H and O–H groups in total. The molecule has 6 heteroatoms. The summed E-state index contributed by atoms with van der Waals surface area (Å²) in [5.74, 6) is 0.362. The predicted octanol–water partition coefficient (Wildman–Crippen LogP) is 1.89. The van der Waals surface area contributed by atoms with E-state index in [9.17, 15) is 9.59 Å². The van der Waals surface area contributed by atoms with Gasteiger partial charge in [0.05, 0.1) is 13.2 Å². The maximum Gasteiger partial charge on any atom is 0.315 e. The Balaban J connectivity index is 1.88. The molecule has 1 atom stereocenters. The molecule has 2 aliphatic rings. The highest BCUT2D eigenvalue weighted by Gasteiger charge is 2.28. The summed E-state index contributed by atoms with van der Waals surface area (Å²) in [5.41, 5.74) is 0. The van der Waals surface area contributed by atoms with Crippen molar-refractivity contribution >= 4 is 11.9 Å². The lowest BCUT2D eigenvalue weighted by molar-refractivity contribution is -0.137. The first-order chi connectivity index (χ1) is 11.1. The van der Waals surface area contributed by atoms with E-state index in [0.717, 1.165) is 12.8 Å². The zero-order valence-electron chi connectivity index (χ0n) is 14.5. The zero-order valence-corrected chi connectivity index (χ0v) is 14.5. The van der Waals surface area contributed by atoms with Gasteiger partial charge in [0.15, 0.2) is 0 Å². The fourth-order valence-corrected chi connectivity index (χ4v) is 3.33. The van der Waals surface area contributed by atoms with Crippen LogP contribution in [-0.4, -0.2) is 55.2 Å². The van der Waals surface area contributed by atoms with E-state index in [1.165, 1.54) is 19.3 Å². The molecule has 0 unspecified atom stereocenters. The van der Waals surface area contributed by atoms with E-state index in [2.05, 4.69) is 24.5 Å². The first-order valence-electron chi connectivity index (χ1n) is 9.00. The molecule has 1 heterocycles. The highest BCUT2D eigenvalue weighted by molar-refractivity contribution is 5.87. The smallest absolute Gasteiger partial charge is 0.315 e. The number of urea groups is 1. The zero-order chi connectivity index (χ0) is 16.7. The molecule has 0 radical (unpaired) electrons. The van der Waals surface area contributed by atoms with Crippen LogP contribution in [0.4, 0.5) is 4.79 Å². The summed E-state index contributed by atoms with van der Waals surface area (Å²) in [6, 6.07) is -0.400. The maximum absolute atomic E-state index is 12.7. The molecule has 23 heavy (non-hydrogen) atoms. The SMILES string of the molecule is CC(C)C[C@H](NC(=O)NC1CCCCC1)C(=O)N1CCOCC1. The number of carbonyl (C=O) groups excluding carboxylic acids is 2. The molecular formula is C17H31N3O3. The minimum Gasteiger partial charge on any atom is -0.378 e. The van der Waals surface area contributed by atoms with Gasteiger partial charge >= 0.3 is 6.03 Å². The summed E-state index contributed by atoms with van der Waals surface area (Å²) < 4.78 is 5.30. The van der Waals surface area contributed by atoms with Crippen LogP contribution >= 0.6 is 0 Å². The molecule has 0 bridgehead atoms. The first kappa shape index (κ1) is 18.0. The molecule has 3 amide bonds. The Kier molecular flexibility index (Phi) is 7.15. The van der Waals surface area contributed by atoms with Gasteiger partial charge in [-0.15, -0.1) is 0 Å². The molecule has 1 saturated heterocycles. The number of hydrogen-bond acceptors (Lipinski definition) is 3. The molecule has 0 aromatic carbocycles. The van der Waals surface area contributed by atoms with Crippen molar-refractivity contribution in [3.63, 3.8) is 0 Å². The van der Waals surface area contributed by atoms with E-state index < -0.39 is 6.04 Å². The third-order valence-corrected chi connectivity index (χ3v) is 4.57. The van der Waals surface area contributed by atoms with Crippen molar-refractivity contribution in [1.82, 2.24) is 15.5 Å². The molecule has 2 fully saturated rings. The topological polar surface area (TPSA) is 70.7 Å². The van der Waals surface area contributed by atoms with Crippen molar-refractivity contribution in [2.24, 2.45) is 5.92 Å². The van der Waals surface area contributed by atoms with Crippen molar-refractivity contribution in [3.8, 4) is 0 Å². The van der Waals surface area contributed by atoms with E-state index in [1.807, 2.05) is 0 Å². The van der Waals surface area contributed by atoms with E-state index in [0.29, 0.717) is 38.6 Å². The normalized spacial score (nSPS) is 21.1. The average Bonchev–Trinajstić information content (AvgIpc) is 2.55. The largest absolute Gasteiger partial charge is 0.378 e. The van der Waals surface area contributed by atoms with Gasteiger partial charge in [0, 0.05) is 19.1 Å². The molecule has 1 saturated carbocycles. The van der Waals surface area contributed by atoms with Crippen LogP contribution in [0.2, 0.25) is 0 Å². The molecule has 1 aliphatic heterocycles. The summed E-state index contributed by atoms with van der Waals surface area (Å²) in [4.78, 5) is 26.8. The Morgan fingerprint density at radius 1 is 1.13 bits per heavy atom. The Morgan fingerprint density at radius 2 is 1.78 bits per heavy atom. The van der Waals surface area contributed by atoms with Crippen LogP contribution in [0.1, 0.15) is 52.4 Å². The van der Waals surface area contributed by atoms with Crippen molar-refractivity contribution in [2.75, 3.05) is 26.3 Å². The number of nitrogens with zero attached hydrogens (tertiary/aromatic N) is 1. The molecule has 0 spiro atoms. The van der Waals surface area contributed by atoms with Gasteiger partial charge in [-0.05, 0) is 25.2 Å². The molecule has 2 rings (SSSR count). The Hall–Kier alpha value is -1.30. The Labute approximate surface area is 139 Å². The van der Waals surface area contributed by atoms with Crippen molar-refractivity contribution in [1.29, 1.82) is 0 Å². The lowest BCUT2D eigenvalue weighted by atomic mass is 9.96. The molecule has 0 aromatic rings. The Morgan fingerprint density at radius 3 is 2.39 bits per heavy atom. The number of carbonyl (C=O) groups is 2. The van der Waals surface area contributed by atoms with Gasteiger partial charge in [-0.3, -0.25) is 4.79 Å². The van der Waals surface area contributed by atoms with Crippen LogP contribution in [0.15, 0.2) is 0 Å². The second kappa shape index (κ2) is 9.11. The van der Waals surface area contributed by atoms with Gasteiger partial charge in [-0.1, -0.05) is 33.1 Å². The number of nitrogens with one attached hydrogen (secondary N) is 2. The van der Waals surface area contributed by atoms with E-state index in [4.69, 9.17) is 4.74 Å². The Bertz CT molecular complexity index is 389. The molecule has 1 aliphatic carbocycles. The standard InChI is InChI=1S/C17H31N3O3/c1-13(2)12-15(16(21)20-8-10-23-11-9-20)19-17(22)18-14-6-4-3-5-7-14/h13-15H,3-12H2,1-2H3,(H2,18,19,22)/t15-/m0/s1. The third-order valence-electron chi connectivity index (χ3n) is 4.57. The lowest BCUT2D eigenvalue weighted by Crippen LogP contribution is -2.55. The fraction of sp³-hybridized carbons (Fsp3) is 0.882. The summed E-state index contributed by atoms with van der Waals surface area (Å²) in [6.07, 6.45) is 6.35. The second-order valence-electron chi connectivity index (χ2n) is 7.07. The van der Waals surface area contributed by atoms with E-state index in [1.54, 1.807) is 4.90 Å². The van der Waals surface area contributed by atoms with Gasteiger partial charge in [-0.2, -0.15) is 0 Å². The van der Waals surface area contributed by atoms with E-state index >= 15 is 0 Å². The molecule has 132 valence electrons. The van der Waals surface area contributed by atoms with Gasteiger partial charge < -0.3 is 20.3 Å². The van der Waals surface area contributed by atoms with Crippen molar-refractivity contribution < 1.29 is 14.3 Å². The number of rotatable bonds is 5. The van der Waals surface area contributed by atoms with Gasteiger partial charge in [-0.25, -0.2) is 4.79 Å². The minimum absolute atomic E-state index is 0.0146. The van der Waals surface area contributed by atoms with Crippen molar-refractivity contribution in [3.05, 3.63) is 0 Å². The highest BCUT2D eigenvalue weighted by Crippen LogP contribution is 2.17. The summed E-state index contributed by atoms with van der Waals surface area (Å²) in [5, 5.41) is 5.95. The monoisotopic (exact) mass is 325 g/mol. The van der Waals surface area contributed by atoms with Gasteiger partial charge in [0.2, 0.25) is 5.91 Å². The summed E-state index contributed by atoms with van der Waals surface area (Å²) in [6.45, 7) is 6.52. The predicted molar refractivity (Wildman–Crippen MR) is 89.2 cm³/mol. The van der Waals surface area contributed by atoms with Crippen LogP contribution in [0.25, 0.3) is 0 Å². The number of morpholine rings is 1. The maximum atomic E-state index is 12.7. The number of ether oxygens (including phenoxy) is 1.